The molecular formula is C14H10ClN3O2. The average Bonchev–Trinajstić information content (AvgIpc) is 2.39. The highest BCUT2D eigenvalue weighted by molar-refractivity contribution is 6.30. The van der Waals surface area contributed by atoms with Gasteiger partial charge in [-0.2, -0.15) is 10.5 Å². The van der Waals surface area contributed by atoms with Crippen LogP contribution in [-0.4, -0.2) is 11.8 Å². The van der Waals surface area contributed by atoms with Crippen LogP contribution in [0, 0.1) is 34.5 Å². The van der Waals surface area contributed by atoms with Crippen molar-refractivity contribution in [1.29, 1.82) is 10.5 Å². The van der Waals surface area contributed by atoms with Gasteiger partial charge in [0.2, 0.25) is 11.8 Å². The topological polar surface area (TPSA) is 93.8 Å². The second kappa shape index (κ2) is 4.96. The van der Waals surface area contributed by atoms with E-state index in [-0.39, 0.29) is 0 Å². The molecule has 2 rings (SSSR count). The number of nitrogens with one attached hydrogen (secondary N) is 1. The summed E-state index contributed by atoms with van der Waals surface area (Å²) in [5.41, 5.74) is -0.709. The Morgan fingerprint density at radius 1 is 1.20 bits per heavy atom. The average molecular weight is 288 g/mol. The Morgan fingerprint density at radius 3 is 2.20 bits per heavy atom. The summed E-state index contributed by atoms with van der Waals surface area (Å²) in [6, 6.07) is 10.3. The lowest BCUT2D eigenvalue weighted by Gasteiger charge is -2.40. The predicted octanol–water partition coefficient (Wildman–Crippen LogP) is 1.53. The maximum absolute atomic E-state index is 11.9. The van der Waals surface area contributed by atoms with Crippen LogP contribution in [0.3, 0.4) is 0 Å². The number of carbonyl (C=O) groups excluding carboxylic acids is 2. The number of carbonyl (C=O) groups is 2. The Kier molecular flexibility index (Phi) is 3.48. The lowest BCUT2D eigenvalue weighted by molar-refractivity contribution is -0.140. The van der Waals surface area contributed by atoms with E-state index in [0.717, 1.165) is 0 Å². The molecule has 1 N–H and O–H groups in total. The third kappa shape index (κ3) is 1.93. The van der Waals surface area contributed by atoms with Crippen molar-refractivity contribution >= 4 is 23.4 Å². The molecule has 5 nitrogen and oxygen atoms in total. The van der Waals surface area contributed by atoms with Gasteiger partial charge in [-0.25, -0.2) is 0 Å². The van der Waals surface area contributed by atoms with Crippen molar-refractivity contribution in [3.63, 3.8) is 0 Å². The maximum Gasteiger partial charge on any atom is 0.244 e. The molecule has 1 saturated heterocycles. The minimum atomic E-state index is -1.23. The monoisotopic (exact) mass is 287 g/mol. The van der Waals surface area contributed by atoms with Crippen molar-refractivity contribution in [1.82, 2.24) is 5.32 Å². The summed E-state index contributed by atoms with van der Waals surface area (Å²) in [6.45, 7) is 1.57. The molecule has 0 spiro atoms. The number of hydrogen-bond acceptors (Lipinski definition) is 4. The van der Waals surface area contributed by atoms with E-state index >= 15 is 0 Å². The Bertz CT molecular complexity index is 640. The third-order valence-electron chi connectivity index (χ3n) is 3.67. The number of rotatable bonds is 1. The molecule has 100 valence electrons. The molecule has 0 radical (unpaired) electrons. The summed E-state index contributed by atoms with van der Waals surface area (Å²) in [5, 5.41) is 21.0. The molecule has 0 saturated carbocycles. The zero-order chi connectivity index (χ0) is 14.9. The summed E-state index contributed by atoms with van der Waals surface area (Å²) in [7, 11) is 0. The van der Waals surface area contributed by atoms with Gasteiger partial charge in [0.15, 0.2) is 0 Å². The highest BCUT2D eigenvalue weighted by atomic mass is 35.5. The molecule has 0 bridgehead atoms. The molecule has 1 fully saturated rings. The Morgan fingerprint density at radius 2 is 1.75 bits per heavy atom. The number of hydrogen-bond donors (Lipinski definition) is 1. The van der Waals surface area contributed by atoms with Gasteiger partial charge >= 0.3 is 0 Å². The fourth-order valence-corrected chi connectivity index (χ4v) is 2.71. The summed E-state index contributed by atoms with van der Waals surface area (Å²) in [6.07, 6.45) is 0. The molecule has 1 aromatic carbocycles. The smallest absolute Gasteiger partial charge is 0.244 e. The zero-order valence-electron chi connectivity index (χ0n) is 10.6. The first kappa shape index (κ1) is 14.0. The molecule has 20 heavy (non-hydrogen) atoms. The van der Waals surface area contributed by atoms with Gasteiger partial charge in [-0.3, -0.25) is 14.9 Å². The fourth-order valence-electron chi connectivity index (χ4n) is 2.52. The highest BCUT2D eigenvalue weighted by Crippen LogP contribution is 2.42. The van der Waals surface area contributed by atoms with E-state index in [1.54, 1.807) is 31.2 Å². The molecule has 0 aliphatic carbocycles. The van der Waals surface area contributed by atoms with Gasteiger partial charge in [0, 0.05) is 10.4 Å². The standard InChI is InChI=1S/C14H10ClN3O2/c1-14(8-3-2-4-9(15)5-8)10(6-16)12(19)18-13(20)11(14)7-17/h2-5,10-11H,1H3,(H,18,19,20). The molecule has 1 heterocycles. The SMILES string of the molecule is CC1(c2cccc(Cl)c2)C(C#N)C(=O)NC(=O)C1C#N. The Labute approximate surface area is 120 Å². The molecule has 2 unspecified atom stereocenters. The summed E-state index contributed by atoms with van der Waals surface area (Å²) in [5.74, 6) is -3.65. The quantitative estimate of drug-likeness (QED) is 0.793. The van der Waals surface area contributed by atoms with Crippen LogP contribution < -0.4 is 5.32 Å². The lowest BCUT2D eigenvalue weighted by Crippen LogP contribution is -2.58. The third-order valence-corrected chi connectivity index (χ3v) is 3.91. The minimum absolute atomic E-state index is 0.413. The molecule has 2 amide bonds. The first-order valence-electron chi connectivity index (χ1n) is 5.85. The number of benzene rings is 1. The van der Waals surface area contributed by atoms with Gasteiger partial charge in [-0.05, 0) is 17.7 Å². The van der Waals surface area contributed by atoms with Crippen LogP contribution in [0.15, 0.2) is 24.3 Å². The first-order chi connectivity index (χ1) is 9.44. The van der Waals surface area contributed by atoms with E-state index in [1.807, 2.05) is 12.1 Å². The number of nitrogens with zero attached hydrogens (tertiary/aromatic N) is 2. The predicted molar refractivity (Wildman–Crippen MR) is 70.2 cm³/mol. The van der Waals surface area contributed by atoms with Crippen LogP contribution in [0.5, 0.6) is 0 Å². The first-order valence-corrected chi connectivity index (χ1v) is 6.23. The van der Waals surface area contributed by atoms with Crippen LogP contribution >= 0.6 is 11.6 Å². The van der Waals surface area contributed by atoms with Gasteiger partial charge in [-0.1, -0.05) is 30.7 Å². The van der Waals surface area contributed by atoms with Gasteiger partial charge in [0.05, 0.1) is 12.1 Å². The van der Waals surface area contributed by atoms with Crippen LogP contribution in [0.2, 0.25) is 5.02 Å². The lowest BCUT2D eigenvalue weighted by atomic mass is 9.62. The van der Waals surface area contributed by atoms with Crippen molar-refractivity contribution < 1.29 is 9.59 Å². The van der Waals surface area contributed by atoms with E-state index in [4.69, 9.17) is 11.6 Å². The highest BCUT2D eigenvalue weighted by Gasteiger charge is 2.54. The van der Waals surface area contributed by atoms with E-state index in [0.29, 0.717) is 10.6 Å². The number of piperidine rings is 1. The second-order valence-corrected chi connectivity index (χ2v) is 5.21. The van der Waals surface area contributed by atoms with Crippen molar-refractivity contribution in [3.05, 3.63) is 34.9 Å². The molecule has 6 heteroatoms. The zero-order valence-corrected chi connectivity index (χ0v) is 11.3. The second-order valence-electron chi connectivity index (χ2n) is 4.77. The number of halogens is 1. The maximum atomic E-state index is 11.9. The normalized spacial score (nSPS) is 29.2. The van der Waals surface area contributed by atoms with E-state index in [2.05, 4.69) is 5.32 Å². The number of amides is 2. The summed E-state index contributed by atoms with van der Waals surface area (Å²) in [4.78, 5) is 23.7. The van der Waals surface area contributed by atoms with Crippen LogP contribution in [0.25, 0.3) is 0 Å². The van der Waals surface area contributed by atoms with Gasteiger partial charge in [-0.15, -0.1) is 0 Å². The minimum Gasteiger partial charge on any atom is -0.294 e. The Balaban J connectivity index is 2.68. The van der Waals surface area contributed by atoms with Crippen LogP contribution in [0.1, 0.15) is 12.5 Å². The van der Waals surface area contributed by atoms with E-state index < -0.39 is 29.1 Å². The van der Waals surface area contributed by atoms with E-state index in [1.165, 1.54) is 0 Å². The van der Waals surface area contributed by atoms with Crippen molar-refractivity contribution in [2.45, 2.75) is 12.3 Å². The molecule has 1 aromatic rings. The van der Waals surface area contributed by atoms with Gasteiger partial charge in [0.25, 0.3) is 0 Å². The number of imide groups is 1. The van der Waals surface area contributed by atoms with E-state index in [9.17, 15) is 20.1 Å². The molecule has 1 aliphatic heterocycles. The summed E-state index contributed by atoms with van der Waals surface area (Å²) < 4.78 is 0. The molecule has 0 aromatic heterocycles. The van der Waals surface area contributed by atoms with Gasteiger partial charge in [0.1, 0.15) is 11.8 Å². The van der Waals surface area contributed by atoms with Crippen molar-refractivity contribution in [2.75, 3.05) is 0 Å². The summed E-state index contributed by atoms with van der Waals surface area (Å²) >= 11 is 5.93. The van der Waals surface area contributed by atoms with Crippen LogP contribution in [0.4, 0.5) is 0 Å². The van der Waals surface area contributed by atoms with Gasteiger partial charge < -0.3 is 0 Å². The molecular weight excluding hydrogens is 278 g/mol. The molecule has 1 aliphatic rings. The Hall–Kier alpha value is -2.37. The largest absolute Gasteiger partial charge is 0.294 e. The molecule has 2 atom stereocenters. The number of nitriles is 2. The fraction of sp³-hybridized carbons (Fsp3) is 0.286. The van der Waals surface area contributed by atoms with Crippen LogP contribution in [-0.2, 0) is 15.0 Å². The van der Waals surface area contributed by atoms with Crippen molar-refractivity contribution in [3.8, 4) is 12.1 Å². The van der Waals surface area contributed by atoms with Crippen molar-refractivity contribution in [2.24, 2.45) is 11.8 Å².